The Morgan fingerprint density at radius 1 is 1.29 bits per heavy atom. The van der Waals surface area contributed by atoms with Crippen molar-refractivity contribution < 1.29 is 18.7 Å². The summed E-state index contributed by atoms with van der Waals surface area (Å²) in [6.45, 7) is 6.08. The Kier molecular flexibility index (Phi) is 5.20. The molecule has 1 saturated heterocycles. The van der Waals surface area contributed by atoms with Crippen LogP contribution < -0.4 is 5.32 Å². The molecule has 1 saturated carbocycles. The van der Waals surface area contributed by atoms with Crippen molar-refractivity contribution in [3.8, 4) is 0 Å². The van der Waals surface area contributed by atoms with E-state index < -0.39 is 5.97 Å². The van der Waals surface area contributed by atoms with E-state index in [0.29, 0.717) is 12.6 Å². The molecule has 1 aliphatic heterocycles. The molecule has 0 aromatic carbocycles. The number of nitrogens with one attached hydrogen (secondary N) is 1. The number of nitrogens with zero attached hydrogens (tertiary/aromatic N) is 2. The molecule has 1 unspecified atom stereocenters. The smallest absolute Gasteiger partial charge is 0.373 e. The first-order valence-corrected chi connectivity index (χ1v) is 8.50. The molecule has 7 heteroatoms. The lowest BCUT2D eigenvalue weighted by Crippen LogP contribution is -2.53. The first kappa shape index (κ1) is 17.0. The molecule has 0 radical (unpaired) electrons. The van der Waals surface area contributed by atoms with Gasteiger partial charge in [-0.1, -0.05) is 0 Å². The van der Waals surface area contributed by atoms with E-state index in [2.05, 4.69) is 19.9 Å². The molecular formula is C17H25N3O4. The van der Waals surface area contributed by atoms with Gasteiger partial charge in [0.2, 0.25) is 11.7 Å². The van der Waals surface area contributed by atoms with Crippen molar-refractivity contribution in [2.75, 3.05) is 33.3 Å². The van der Waals surface area contributed by atoms with E-state index in [-0.39, 0.29) is 17.7 Å². The van der Waals surface area contributed by atoms with Crippen LogP contribution in [0.1, 0.15) is 36.1 Å². The van der Waals surface area contributed by atoms with Crippen LogP contribution in [0, 0.1) is 0 Å². The molecule has 1 aromatic heterocycles. The zero-order chi connectivity index (χ0) is 17.1. The van der Waals surface area contributed by atoms with Crippen molar-refractivity contribution in [2.24, 2.45) is 0 Å². The van der Waals surface area contributed by atoms with E-state index in [1.165, 1.54) is 7.11 Å². The Hall–Kier alpha value is -1.86. The highest BCUT2D eigenvalue weighted by Gasteiger charge is 2.30. The fraction of sp³-hybridized carbons (Fsp3) is 0.647. The van der Waals surface area contributed by atoms with Gasteiger partial charge in [-0.2, -0.15) is 0 Å². The Labute approximate surface area is 141 Å². The van der Waals surface area contributed by atoms with Crippen molar-refractivity contribution in [2.45, 2.75) is 38.4 Å². The lowest BCUT2D eigenvalue weighted by Gasteiger charge is -2.37. The normalized spacial score (nSPS) is 20.6. The van der Waals surface area contributed by atoms with Crippen LogP contribution in [0.3, 0.4) is 0 Å². The minimum atomic E-state index is -0.457. The monoisotopic (exact) mass is 335 g/mol. The van der Waals surface area contributed by atoms with Crippen LogP contribution in [0.25, 0.3) is 0 Å². The molecule has 2 fully saturated rings. The van der Waals surface area contributed by atoms with Gasteiger partial charge in [-0.15, -0.1) is 0 Å². The highest BCUT2D eigenvalue weighted by atomic mass is 16.5. The minimum absolute atomic E-state index is 0.0812. The highest BCUT2D eigenvalue weighted by Crippen LogP contribution is 2.19. The molecular weight excluding hydrogens is 310 g/mol. The molecule has 3 rings (SSSR count). The molecule has 1 N–H and O–H groups in total. The maximum Gasteiger partial charge on any atom is 0.373 e. The predicted molar refractivity (Wildman–Crippen MR) is 87.5 cm³/mol. The standard InChI is InChI=1S/C17H25N3O4/c1-12(16(21)18-13-3-4-13)20-9-7-19(8-10-20)11-14-5-6-15(24-14)17(22)23-2/h5-6,12-13H,3-4,7-11H2,1-2H3,(H,18,21). The van der Waals surface area contributed by atoms with E-state index in [1.54, 1.807) is 6.07 Å². The van der Waals surface area contributed by atoms with Gasteiger partial charge < -0.3 is 14.5 Å². The molecule has 2 aliphatic rings. The third-order valence-corrected chi connectivity index (χ3v) is 4.69. The number of hydrogen-bond acceptors (Lipinski definition) is 6. The van der Waals surface area contributed by atoms with Gasteiger partial charge in [0.05, 0.1) is 19.7 Å². The summed E-state index contributed by atoms with van der Waals surface area (Å²) in [6, 6.07) is 3.78. The molecule has 0 spiro atoms. The second kappa shape index (κ2) is 7.36. The van der Waals surface area contributed by atoms with Gasteiger partial charge in [0, 0.05) is 32.2 Å². The average Bonchev–Trinajstić information content (AvgIpc) is 3.29. The van der Waals surface area contributed by atoms with Gasteiger partial charge in [-0.05, 0) is 31.9 Å². The zero-order valence-electron chi connectivity index (χ0n) is 14.3. The maximum atomic E-state index is 12.1. The summed E-state index contributed by atoms with van der Waals surface area (Å²) in [5, 5.41) is 3.07. The molecule has 7 nitrogen and oxygen atoms in total. The fourth-order valence-corrected chi connectivity index (χ4v) is 2.92. The number of rotatable bonds is 6. The number of carbonyl (C=O) groups excluding carboxylic acids is 2. The van der Waals surface area contributed by atoms with E-state index >= 15 is 0 Å². The topological polar surface area (TPSA) is 75.0 Å². The van der Waals surface area contributed by atoms with Crippen molar-refractivity contribution in [1.29, 1.82) is 0 Å². The second-order valence-corrected chi connectivity index (χ2v) is 6.53. The number of methoxy groups -OCH3 is 1. The number of ether oxygens (including phenoxy) is 1. The molecule has 1 amide bonds. The third-order valence-electron chi connectivity index (χ3n) is 4.69. The van der Waals surface area contributed by atoms with E-state index in [4.69, 9.17) is 4.42 Å². The summed E-state index contributed by atoms with van der Waals surface area (Å²) in [4.78, 5) is 28.0. The van der Waals surface area contributed by atoms with Crippen molar-refractivity contribution in [1.82, 2.24) is 15.1 Å². The second-order valence-electron chi connectivity index (χ2n) is 6.53. The van der Waals surface area contributed by atoms with Crippen LogP contribution in [0.15, 0.2) is 16.5 Å². The summed E-state index contributed by atoms with van der Waals surface area (Å²) in [5.74, 6) is 0.668. The minimum Gasteiger partial charge on any atom is -0.463 e. The van der Waals surface area contributed by atoms with Gasteiger partial charge in [0.1, 0.15) is 5.76 Å². The Balaban J connectivity index is 1.45. The number of amides is 1. The molecule has 2 heterocycles. The molecule has 1 aromatic rings. The molecule has 1 atom stereocenters. The molecule has 132 valence electrons. The summed E-state index contributed by atoms with van der Waals surface area (Å²) >= 11 is 0. The van der Waals surface area contributed by atoms with E-state index in [1.807, 2.05) is 13.0 Å². The highest BCUT2D eigenvalue weighted by molar-refractivity contribution is 5.86. The van der Waals surface area contributed by atoms with Gasteiger partial charge in [0.25, 0.3) is 0 Å². The summed E-state index contributed by atoms with van der Waals surface area (Å²) < 4.78 is 10.2. The van der Waals surface area contributed by atoms with E-state index in [0.717, 1.165) is 44.8 Å². The van der Waals surface area contributed by atoms with Crippen LogP contribution >= 0.6 is 0 Å². The average molecular weight is 335 g/mol. The third kappa shape index (κ3) is 4.15. The SMILES string of the molecule is COC(=O)c1ccc(CN2CCN(C(C)C(=O)NC3CC3)CC2)o1. The molecule has 1 aliphatic carbocycles. The molecule has 0 bridgehead atoms. The van der Waals surface area contributed by atoms with Gasteiger partial charge in [-0.25, -0.2) is 4.79 Å². The van der Waals surface area contributed by atoms with Crippen LogP contribution in [0.4, 0.5) is 0 Å². The van der Waals surface area contributed by atoms with Crippen molar-refractivity contribution >= 4 is 11.9 Å². The van der Waals surface area contributed by atoms with Crippen LogP contribution in [0.5, 0.6) is 0 Å². The lowest BCUT2D eigenvalue weighted by molar-refractivity contribution is -0.126. The van der Waals surface area contributed by atoms with Gasteiger partial charge in [0.15, 0.2) is 0 Å². The van der Waals surface area contributed by atoms with Crippen LogP contribution in [-0.4, -0.2) is 67.0 Å². The maximum absolute atomic E-state index is 12.1. The number of hydrogen-bond donors (Lipinski definition) is 1. The van der Waals surface area contributed by atoms with Crippen LogP contribution in [0.2, 0.25) is 0 Å². The largest absolute Gasteiger partial charge is 0.463 e. The summed E-state index contributed by atoms with van der Waals surface area (Å²) in [5.41, 5.74) is 0. The Bertz CT molecular complexity index is 588. The quantitative estimate of drug-likeness (QED) is 0.777. The first-order valence-electron chi connectivity index (χ1n) is 8.50. The van der Waals surface area contributed by atoms with Gasteiger partial charge >= 0.3 is 5.97 Å². The van der Waals surface area contributed by atoms with E-state index in [9.17, 15) is 9.59 Å². The predicted octanol–water partition coefficient (Wildman–Crippen LogP) is 0.851. The van der Waals surface area contributed by atoms with Crippen LogP contribution in [-0.2, 0) is 16.1 Å². The number of furan rings is 1. The van der Waals surface area contributed by atoms with Crippen molar-refractivity contribution in [3.05, 3.63) is 23.7 Å². The zero-order valence-corrected chi connectivity index (χ0v) is 14.3. The molecule has 24 heavy (non-hydrogen) atoms. The van der Waals surface area contributed by atoms with Crippen molar-refractivity contribution in [3.63, 3.8) is 0 Å². The number of esters is 1. The Morgan fingerprint density at radius 2 is 2.00 bits per heavy atom. The summed E-state index contributed by atoms with van der Waals surface area (Å²) in [7, 11) is 1.34. The number of carbonyl (C=O) groups is 2. The lowest BCUT2D eigenvalue weighted by atomic mass is 10.2. The Morgan fingerprint density at radius 3 is 2.62 bits per heavy atom. The summed E-state index contributed by atoms with van der Waals surface area (Å²) in [6.07, 6.45) is 2.23. The van der Waals surface area contributed by atoms with Gasteiger partial charge in [-0.3, -0.25) is 14.6 Å². The number of piperazine rings is 1. The fourth-order valence-electron chi connectivity index (χ4n) is 2.92. The first-order chi connectivity index (χ1) is 11.6.